The number of nitrogens with zero attached hydrogens (tertiary/aromatic N) is 1. The normalized spacial score (nSPS) is 25.1. The molecule has 0 radical (unpaired) electrons. The van der Waals surface area contributed by atoms with Crippen LogP contribution in [0.4, 0.5) is 4.39 Å². The molecule has 1 unspecified atom stereocenters. The van der Waals surface area contributed by atoms with E-state index in [1.807, 2.05) is 0 Å². The van der Waals surface area contributed by atoms with Crippen LogP contribution in [0.1, 0.15) is 88.7 Å². The molecule has 0 spiro atoms. The number of amides is 2. The van der Waals surface area contributed by atoms with Crippen LogP contribution >= 0.6 is 11.6 Å². The lowest BCUT2D eigenvalue weighted by atomic mass is 9.84. The van der Waals surface area contributed by atoms with E-state index in [0.717, 1.165) is 51.6 Å². The van der Waals surface area contributed by atoms with Crippen molar-refractivity contribution in [1.29, 1.82) is 0 Å². The van der Waals surface area contributed by atoms with Crippen LogP contribution in [0.15, 0.2) is 18.2 Å². The van der Waals surface area contributed by atoms with E-state index in [-0.39, 0.29) is 35.6 Å². The lowest BCUT2D eigenvalue weighted by Crippen LogP contribution is -2.43. The van der Waals surface area contributed by atoms with Crippen molar-refractivity contribution < 1.29 is 14.0 Å². The highest BCUT2D eigenvalue weighted by Crippen LogP contribution is 2.33. The smallest absolute Gasteiger partial charge is 0.223 e. The number of carbonyl (C=O) groups is 2. The molecule has 0 bridgehead atoms. The van der Waals surface area contributed by atoms with Crippen molar-refractivity contribution in [2.75, 3.05) is 19.6 Å². The number of hydrogen-bond donors (Lipinski definition) is 2. The van der Waals surface area contributed by atoms with Gasteiger partial charge >= 0.3 is 0 Å². The number of rotatable bonds is 8. The zero-order valence-electron chi connectivity index (χ0n) is 20.2. The largest absolute Gasteiger partial charge is 0.354 e. The van der Waals surface area contributed by atoms with E-state index in [1.165, 1.54) is 38.2 Å². The predicted molar refractivity (Wildman–Crippen MR) is 133 cm³/mol. The summed E-state index contributed by atoms with van der Waals surface area (Å²) >= 11 is 6.37. The van der Waals surface area contributed by atoms with E-state index in [4.69, 9.17) is 11.6 Å². The molecule has 0 aromatic heterocycles. The number of nitrogens with one attached hydrogen (secondary N) is 2. The Morgan fingerprint density at radius 2 is 1.71 bits per heavy atom. The molecule has 3 aliphatic rings. The summed E-state index contributed by atoms with van der Waals surface area (Å²) in [5.41, 5.74) is 0.482. The molecule has 7 heteroatoms. The summed E-state index contributed by atoms with van der Waals surface area (Å²) in [5.74, 6) is 0.381. The summed E-state index contributed by atoms with van der Waals surface area (Å²) in [6.45, 7) is 2.13. The number of carbonyl (C=O) groups excluding carboxylic acids is 2. The van der Waals surface area contributed by atoms with Crippen molar-refractivity contribution in [3.63, 3.8) is 0 Å². The summed E-state index contributed by atoms with van der Waals surface area (Å²) in [6.07, 6.45) is 12.2. The highest BCUT2D eigenvalue weighted by molar-refractivity contribution is 6.31. The first-order chi connectivity index (χ1) is 16.5. The van der Waals surface area contributed by atoms with Crippen molar-refractivity contribution in [2.24, 2.45) is 11.8 Å². The topological polar surface area (TPSA) is 61.4 Å². The van der Waals surface area contributed by atoms with Gasteiger partial charge in [0.05, 0.1) is 6.04 Å². The SMILES string of the molecule is O=C(CC1CCCCC1)NC1CCC(C(=O)NCC(c2c(F)cccc2Cl)N2CCCC2)CC1. The molecule has 1 atom stereocenters. The van der Waals surface area contributed by atoms with Crippen molar-refractivity contribution in [2.45, 2.75) is 89.1 Å². The van der Waals surface area contributed by atoms with Crippen LogP contribution in [0.3, 0.4) is 0 Å². The summed E-state index contributed by atoms with van der Waals surface area (Å²) in [7, 11) is 0. The number of hydrogen-bond acceptors (Lipinski definition) is 3. The highest BCUT2D eigenvalue weighted by atomic mass is 35.5. The van der Waals surface area contributed by atoms with Crippen LogP contribution in [0, 0.1) is 17.7 Å². The first-order valence-corrected chi connectivity index (χ1v) is 13.6. The predicted octanol–water partition coefficient (Wildman–Crippen LogP) is 5.38. The van der Waals surface area contributed by atoms with Crippen LogP contribution in [0.2, 0.25) is 5.02 Å². The van der Waals surface area contributed by atoms with Crippen molar-refractivity contribution in [3.8, 4) is 0 Å². The van der Waals surface area contributed by atoms with Gasteiger partial charge in [0.15, 0.2) is 0 Å². The molecule has 1 heterocycles. The molecule has 3 fully saturated rings. The first-order valence-electron chi connectivity index (χ1n) is 13.3. The van der Waals surface area contributed by atoms with Crippen molar-refractivity contribution in [1.82, 2.24) is 15.5 Å². The van der Waals surface area contributed by atoms with Gasteiger partial charge in [-0.05, 0) is 82.5 Å². The Kier molecular flexibility index (Phi) is 9.24. The van der Waals surface area contributed by atoms with Crippen LogP contribution in [-0.4, -0.2) is 42.4 Å². The molecular weight excluding hydrogens is 453 g/mol. The fourth-order valence-corrected chi connectivity index (χ4v) is 6.37. The molecule has 1 saturated heterocycles. The second kappa shape index (κ2) is 12.3. The Morgan fingerprint density at radius 1 is 1.00 bits per heavy atom. The van der Waals surface area contributed by atoms with Gasteiger partial charge in [0, 0.05) is 35.5 Å². The van der Waals surface area contributed by atoms with Gasteiger partial charge in [-0.3, -0.25) is 14.5 Å². The molecular formula is C27H39ClFN3O2. The number of likely N-dealkylation sites (tertiary alicyclic amines) is 1. The van der Waals surface area contributed by atoms with Gasteiger partial charge < -0.3 is 10.6 Å². The Morgan fingerprint density at radius 3 is 2.38 bits per heavy atom. The van der Waals surface area contributed by atoms with Crippen LogP contribution in [0.5, 0.6) is 0 Å². The van der Waals surface area contributed by atoms with Gasteiger partial charge in [0.2, 0.25) is 11.8 Å². The third-order valence-electron chi connectivity index (χ3n) is 8.05. The summed E-state index contributed by atoms with van der Waals surface area (Å²) in [5, 5.41) is 6.72. The minimum Gasteiger partial charge on any atom is -0.354 e. The van der Waals surface area contributed by atoms with E-state index in [2.05, 4.69) is 15.5 Å². The second-order valence-electron chi connectivity index (χ2n) is 10.5. The Labute approximate surface area is 208 Å². The van der Waals surface area contributed by atoms with E-state index in [9.17, 15) is 14.0 Å². The van der Waals surface area contributed by atoms with E-state index in [1.54, 1.807) is 12.1 Å². The highest BCUT2D eigenvalue weighted by Gasteiger charge is 2.31. The van der Waals surface area contributed by atoms with Crippen molar-refractivity contribution in [3.05, 3.63) is 34.6 Å². The summed E-state index contributed by atoms with van der Waals surface area (Å²) in [6, 6.07) is 4.70. The Balaban J connectivity index is 1.25. The number of halogens is 2. The van der Waals surface area contributed by atoms with Gasteiger partial charge in [-0.1, -0.05) is 36.9 Å². The molecule has 1 aromatic carbocycles. The maximum atomic E-state index is 14.7. The average molecular weight is 492 g/mol. The molecule has 5 nitrogen and oxygen atoms in total. The Hall–Kier alpha value is -1.66. The molecule has 4 rings (SSSR count). The molecule has 1 aliphatic heterocycles. The molecule has 34 heavy (non-hydrogen) atoms. The number of benzene rings is 1. The monoisotopic (exact) mass is 491 g/mol. The van der Waals surface area contributed by atoms with E-state index < -0.39 is 0 Å². The van der Waals surface area contributed by atoms with Gasteiger partial charge in [-0.25, -0.2) is 4.39 Å². The third-order valence-corrected chi connectivity index (χ3v) is 8.38. The Bertz CT molecular complexity index is 811. The minimum atomic E-state index is -0.317. The zero-order chi connectivity index (χ0) is 23.9. The average Bonchev–Trinajstić information content (AvgIpc) is 3.36. The van der Waals surface area contributed by atoms with Gasteiger partial charge in [-0.2, -0.15) is 0 Å². The molecule has 2 saturated carbocycles. The third kappa shape index (κ3) is 6.72. The minimum absolute atomic E-state index is 0.0311. The summed E-state index contributed by atoms with van der Waals surface area (Å²) < 4.78 is 14.7. The van der Waals surface area contributed by atoms with E-state index >= 15 is 0 Å². The maximum absolute atomic E-state index is 14.7. The molecule has 2 N–H and O–H groups in total. The summed E-state index contributed by atoms with van der Waals surface area (Å²) in [4.78, 5) is 27.6. The fraction of sp³-hybridized carbons (Fsp3) is 0.704. The van der Waals surface area contributed by atoms with Crippen LogP contribution in [-0.2, 0) is 9.59 Å². The second-order valence-corrected chi connectivity index (χ2v) is 10.9. The van der Waals surface area contributed by atoms with Gasteiger partial charge in [-0.15, -0.1) is 0 Å². The van der Waals surface area contributed by atoms with Crippen LogP contribution in [0.25, 0.3) is 0 Å². The zero-order valence-corrected chi connectivity index (χ0v) is 20.9. The van der Waals surface area contributed by atoms with Crippen LogP contribution < -0.4 is 10.6 Å². The lowest BCUT2D eigenvalue weighted by Gasteiger charge is -2.32. The maximum Gasteiger partial charge on any atom is 0.223 e. The van der Waals surface area contributed by atoms with Crippen molar-refractivity contribution >= 4 is 23.4 Å². The van der Waals surface area contributed by atoms with Gasteiger partial charge in [0.1, 0.15) is 5.82 Å². The van der Waals surface area contributed by atoms with E-state index in [0.29, 0.717) is 29.5 Å². The fourth-order valence-electron chi connectivity index (χ4n) is 6.08. The van der Waals surface area contributed by atoms with Gasteiger partial charge in [0.25, 0.3) is 0 Å². The molecule has 2 aliphatic carbocycles. The standard InChI is InChI=1S/C27H39ClFN3O2/c28-22-9-6-10-23(29)26(22)24(32-15-4-5-16-32)18-30-27(34)20-11-13-21(14-12-20)31-25(33)17-19-7-2-1-3-8-19/h6,9-10,19-21,24H,1-5,7-8,11-18H2,(H,30,34)(H,31,33). The quantitative estimate of drug-likeness (QED) is 0.513. The lowest BCUT2D eigenvalue weighted by molar-refractivity contribution is -0.126. The molecule has 1 aromatic rings. The first kappa shape index (κ1) is 25.4. The molecule has 188 valence electrons. The molecule has 2 amide bonds.